The van der Waals surface area contributed by atoms with Gasteiger partial charge >= 0.3 is 0 Å². The molecule has 2 aromatic carbocycles. The molecule has 0 saturated heterocycles. The van der Waals surface area contributed by atoms with Crippen molar-refractivity contribution in [3.05, 3.63) is 83.8 Å². The standard InChI is InChI=1S/C21H20FN3O2/c1-27-19-4-2-3-15(13-19)11-12-23-21(26)16-5-10-20(24-14-16)25-18-8-6-17(22)7-9-18/h2-10,13-14H,11-12H2,1H3,(H,23,26)(H,24,25). The van der Waals surface area contributed by atoms with Gasteiger partial charge in [-0.05, 0) is 60.5 Å². The number of ether oxygens (including phenoxy) is 1. The Kier molecular flexibility index (Phi) is 5.99. The second kappa shape index (κ2) is 8.80. The molecule has 5 nitrogen and oxygen atoms in total. The van der Waals surface area contributed by atoms with Crippen LogP contribution in [0.1, 0.15) is 15.9 Å². The molecule has 6 heteroatoms. The zero-order valence-corrected chi connectivity index (χ0v) is 14.9. The SMILES string of the molecule is COc1cccc(CCNC(=O)c2ccc(Nc3ccc(F)cc3)nc2)c1. The molecule has 0 atom stereocenters. The minimum absolute atomic E-state index is 0.182. The molecular formula is C21H20FN3O2. The van der Waals surface area contributed by atoms with Gasteiger partial charge in [-0.15, -0.1) is 0 Å². The minimum atomic E-state index is -0.297. The lowest BCUT2D eigenvalue weighted by Gasteiger charge is -2.08. The van der Waals surface area contributed by atoms with E-state index in [1.54, 1.807) is 31.4 Å². The Balaban J connectivity index is 1.51. The molecule has 0 fully saturated rings. The molecule has 3 rings (SSSR count). The van der Waals surface area contributed by atoms with E-state index in [4.69, 9.17) is 4.74 Å². The Hall–Kier alpha value is -3.41. The fourth-order valence-corrected chi connectivity index (χ4v) is 2.53. The molecule has 27 heavy (non-hydrogen) atoms. The number of halogens is 1. The molecule has 3 aromatic rings. The van der Waals surface area contributed by atoms with Gasteiger partial charge in [0.1, 0.15) is 17.4 Å². The summed E-state index contributed by atoms with van der Waals surface area (Å²) in [6, 6.07) is 17.1. The number of hydrogen-bond donors (Lipinski definition) is 2. The number of carbonyl (C=O) groups is 1. The van der Waals surface area contributed by atoms with Crippen molar-refractivity contribution in [1.29, 1.82) is 0 Å². The molecule has 0 aliphatic rings. The molecule has 0 saturated carbocycles. The number of amides is 1. The van der Waals surface area contributed by atoms with Crippen LogP contribution >= 0.6 is 0 Å². The smallest absolute Gasteiger partial charge is 0.252 e. The largest absolute Gasteiger partial charge is 0.497 e. The maximum Gasteiger partial charge on any atom is 0.252 e. The van der Waals surface area contributed by atoms with Crippen LogP contribution in [0.25, 0.3) is 0 Å². The van der Waals surface area contributed by atoms with Crippen molar-refractivity contribution >= 4 is 17.4 Å². The first-order valence-electron chi connectivity index (χ1n) is 8.54. The summed E-state index contributed by atoms with van der Waals surface area (Å²) in [5.74, 6) is 0.898. The molecule has 2 N–H and O–H groups in total. The lowest BCUT2D eigenvalue weighted by molar-refractivity contribution is 0.0954. The number of benzene rings is 2. The van der Waals surface area contributed by atoms with E-state index in [2.05, 4.69) is 15.6 Å². The molecule has 0 unspecified atom stereocenters. The van der Waals surface area contributed by atoms with Crippen molar-refractivity contribution in [3.8, 4) is 5.75 Å². The van der Waals surface area contributed by atoms with Gasteiger partial charge in [0.15, 0.2) is 0 Å². The second-order valence-electron chi connectivity index (χ2n) is 5.92. The summed E-state index contributed by atoms with van der Waals surface area (Å²) >= 11 is 0. The number of anilines is 2. The molecule has 1 heterocycles. The number of aromatic nitrogens is 1. The normalized spacial score (nSPS) is 10.3. The van der Waals surface area contributed by atoms with Gasteiger partial charge in [0.05, 0.1) is 12.7 Å². The zero-order chi connectivity index (χ0) is 19.1. The Morgan fingerprint density at radius 2 is 1.93 bits per heavy atom. The Morgan fingerprint density at radius 1 is 1.11 bits per heavy atom. The predicted molar refractivity (Wildman–Crippen MR) is 103 cm³/mol. The maximum atomic E-state index is 12.9. The van der Waals surface area contributed by atoms with Crippen LogP contribution in [0.3, 0.4) is 0 Å². The van der Waals surface area contributed by atoms with E-state index in [1.165, 1.54) is 18.3 Å². The number of methoxy groups -OCH3 is 1. The van der Waals surface area contributed by atoms with Gasteiger partial charge in [-0.2, -0.15) is 0 Å². The van der Waals surface area contributed by atoms with Crippen molar-refractivity contribution < 1.29 is 13.9 Å². The van der Waals surface area contributed by atoms with Crippen LogP contribution in [0.2, 0.25) is 0 Å². The summed E-state index contributed by atoms with van der Waals surface area (Å²) in [5.41, 5.74) is 2.29. The molecule has 0 radical (unpaired) electrons. The van der Waals surface area contributed by atoms with Crippen molar-refractivity contribution in [1.82, 2.24) is 10.3 Å². The van der Waals surface area contributed by atoms with E-state index >= 15 is 0 Å². The van der Waals surface area contributed by atoms with Gasteiger partial charge in [-0.1, -0.05) is 12.1 Å². The highest BCUT2D eigenvalue weighted by Gasteiger charge is 2.06. The average Bonchev–Trinajstić information content (AvgIpc) is 2.70. The highest BCUT2D eigenvalue weighted by molar-refractivity contribution is 5.94. The zero-order valence-electron chi connectivity index (χ0n) is 14.9. The van der Waals surface area contributed by atoms with Crippen LogP contribution in [0, 0.1) is 5.82 Å². The predicted octanol–water partition coefficient (Wildman–Crippen LogP) is 3.95. The first-order valence-corrected chi connectivity index (χ1v) is 8.54. The maximum absolute atomic E-state index is 12.9. The summed E-state index contributed by atoms with van der Waals surface area (Å²) in [6.07, 6.45) is 2.22. The fourth-order valence-electron chi connectivity index (χ4n) is 2.53. The highest BCUT2D eigenvalue weighted by atomic mass is 19.1. The molecule has 138 valence electrons. The molecule has 0 bridgehead atoms. The van der Waals surface area contributed by atoms with Gasteiger partial charge in [-0.3, -0.25) is 4.79 Å². The topological polar surface area (TPSA) is 63.2 Å². The molecular weight excluding hydrogens is 345 g/mol. The van der Waals surface area contributed by atoms with Crippen molar-refractivity contribution in [2.75, 3.05) is 19.0 Å². The monoisotopic (exact) mass is 365 g/mol. The summed E-state index contributed by atoms with van der Waals surface area (Å²) in [4.78, 5) is 16.5. The molecule has 0 aliphatic heterocycles. The van der Waals surface area contributed by atoms with E-state index in [0.717, 1.165) is 17.0 Å². The van der Waals surface area contributed by atoms with Gasteiger partial charge in [0.25, 0.3) is 5.91 Å². The van der Waals surface area contributed by atoms with Crippen molar-refractivity contribution in [2.24, 2.45) is 0 Å². The van der Waals surface area contributed by atoms with Crippen LogP contribution in [0.4, 0.5) is 15.9 Å². The molecule has 1 amide bonds. The van der Waals surface area contributed by atoms with E-state index in [-0.39, 0.29) is 11.7 Å². The number of pyridine rings is 1. The molecule has 1 aromatic heterocycles. The average molecular weight is 365 g/mol. The van der Waals surface area contributed by atoms with Crippen molar-refractivity contribution in [3.63, 3.8) is 0 Å². The van der Waals surface area contributed by atoms with Crippen LogP contribution in [-0.2, 0) is 6.42 Å². The third kappa shape index (κ3) is 5.28. The van der Waals surface area contributed by atoms with Crippen LogP contribution in [-0.4, -0.2) is 24.5 Å². The number of rotatable bonds is 7. The molecule has 0 aliphatic carbocycles. The summed E-state index contributed by atoms with van der Waals surface area (Å²) < 4.78 is 18.1. The van der Waals surface area contributed by atoms with Crippen LogP contribution in [0.15, 0.2) is 66.9 Å². The van der Waals surface area contributed by atoms with Crippen LogP contribution < -0.4 is 15.4 Å². The third-order valence-electron chi connectivity index (χ3n) is 3.98. The van der Waals surface area contributed by atoms with Gasteiger partial charge in [0.2, 0.25) is 0 Å². The Bertz CT molecular complexity index is 896. The van der Waals surface area contributed by atoms with E-state index < -0.39 is 0 Å². The number of nitrogens with one attached hydrogen (secondary N) is 2. The van der Waals surface area contributed by atoms with Gasteiger partial charge < -0.3 is 15.4 Å². The number of hydrogen-bond acceptors (Lipinski definition) is 4. The minimum Gasteiger partial charge on any atom is -0.497 e. The van der Waals surface area contributed by atoms with Gasteiger partial charge in [-0.25, -0.2) is 9.37 Å². The Morgan fingerprint density at radius 3 is 2.63 bits per heavy atom. The summed E-state index contributed by atoms with van der Waals surface area (Å²) in [7, 11) is 1.63. The van der Waals surface area contributed by atoms with Gasteiger partial charge in [0, 0.05) is 18.4 Å². The molecule has 0 spiro atoms. The van der Waals surface area contributed by atoms with Crippen molar-refractivity contribution in [2.45, 2.75) is 6.42 Å². The second-order valence-corrected chi connectivity index (χ2v) is 5.92. The van der Waals surface area contributed by atoms with E-state index in [0.29, 0.717) is 24.3 Å². The fraction of sp³-hybridized carbons (Fsp3) is 0.143. The first kappa shape index (κ1) is 18.4. The quantitative estimate of drug-likeness (QED) is 0.666. The summed E-state index contributed by atoms with van der Waals surface area (Å²) in [5, 5.41) is 5.93. The highest BCUT2D eigenvalue weighted by Crippen LogP contribution is 2.15. The third-order valence-corrected chi connectivity index (χ3v) is 3.98. The Labute approximate surface area is 157 Å². The van der Waals surface area contributed by atoms with E-state index in [1.807, 2.05) is 24.3 Å². The number of nitrogens with zero attached hydrogens (tertiary/aromatic N) is 1. The first-order chi connectivity index (χ1) is 13.1. The summed E-state index contributed by atoms with van der Waals surface area (Å²) in [6.45, 7) is 0.515. The number of carbonyl (C=O) groups excluding carboxylic acids is 1. The lowest BCUT2D eigenvalue weighted by atomic mass is 10.1. The van der Waals surface area contributed by atoms with Crippen LogP contribution in [0.5, 0.6) is 5.75 Å². The van der Waals surface area contributed by atoms with E-state index in [9.17, 15) is 9.18 Å². The lowest BCUT2D eigenvalue weighted by Crippen LogP contribution is -2.25.